The first kappa shape index (κ1) is 23.8. The van der Waals surface area contributed by atoms with Gasteiger partial charge in [0.1, 0.15) is 10.8 Å². The largest absolute Gasteiger partial charge is 0.437 e. The van der Waals surface area contributed by atoms with Gasteiger partial charge in [0.15, 0.2) is 0 Å². The Balaban J connectivity index is 0.00000182. The van der Waals surface area contributed by atoms with Crippen LogP contribution in [0.5, 0.6) is 11.6 Å². The molecule has 0 spiro atoms. The molecule has 1 fully saturated rings. The molecule has 0 unspecified atom stereocenters. The average Bonchev–Trinajstić information content (AvgIpc) is 3.08. The Morgan fingerprint density at radius 1 is 1.19 bits per heavy atom. The van der Waals surface area contributed by atoms with Crippen molar-refractivity contribution in [3.05, 3.63) is 52.1 Å². The lowest BCUT2D eigenvalue weighted by Crippen LogP contribution is -2.51. The van der Waals surface area contributed by atoms with Gasteiger partial charge < -0.3 is 15.8 Å². The van der Waals surface area contributed by atoms with Gasteiger partial charge in [-0.3, -0.25) is 4.79 Å². The Bertz CT molecular complexity index is 766. The molecule has 27 heavy (non-hydrogen) atoms. The highest BCUT2D eigenvalue weighted by atomic mass is 35.5. The van der Waals surface area contributed by atoms with E-state index >= 15 is 0 Å². The molecular formula is C18H21Cl4N3O2. The maximum Gasteiger partial charge on any atom is 0.253 e. The molecule has 2 aromatic rings. The first-order chi connectivity index (χ1) is 12.0. The van der Waals surface area contributed by atoms with Gasteiger partial charge in [-0.25, -0.2) is 4.98 Å². The van der Waals surface area contributed by atoms with Crippen LogP contribution in [-0.4, -0.2) is 23.0 Å². The van der Waals surface area contributed by atoms with Gasteiger partial charge in [-0.2, -0.15) is 0 Å². The highest BCUT2D eigenvalue weighted by Crippen LogP contribution is 2.34. The molecule has 0 saturated heterocycles. The van der Waals surface area contributed by atoms with Crippen LogP contribution >= 0.6 is 48.0 Å². The van der Waals surface area contributed by atoms with Crippen LogP contribution in [0.15, 0.2) is 36.5 Å². The summed E-state index contributed by atoms with van der Waals surface area (Å²) in [6, 6.07) is 8.39. The monoisotopic (exact) mass is 451 g/mol. The second-order valence-corrected chi connectivity index (χ2v) is 6.97. The molecule has 1 amide bonds. The van der Waals surface area contributed by atoms with E-state index in [4.69, 9.17) is 33.7 Å². The van der Waals surface area contributed by atoms with Crippen molar-refractivity contribution in [2.24, 2.45) is 5.73 Å². The molecule has 3 N–H and O–H groups in total. The lowest BCUT2D eigenvalue weighted by Gasteiger charge is -2.28. The number of nitrogens with zero attached hydrogens (tertiary/aromatic N) is 1. The Labute approximate surface area is 180 Å². The molecule has 0 radical (unpaired) electrons. The van der Waals surface area contributed by atoms with Crippen LogP contribution in [0.1, 0.15) is 36.0 Å². The zero-order valence-corrected chi connectivity index (χ0v) is 17.6. The molecule has 3 rings (SSSR count). The quantitative estimate of drug-likeness (QED) is 0.667. The van der Waals surface area contributed by atoms with Crippen LogP contribution in [0, 0.1) is 0 Å². The standard InChI is InChI=1S/C18H19Cl2N3O2.2ClH/c19-13-4-3-5-14(16(13)20)25-15-7-6-12(10-22-15)17(24)23-18(11-21)8-1-2-9-18;;/h3-7,10H,1-2,8-9,11,21H2,(H,23,24);2*1H. The number of carbonyl (C=O) groups is 1. The van der Waals surface area contributed by atoms with Crippen LogP contribution in [0.3, 0.4) is 0 Å². The number of carbonyl (C=O) groups excluding carboxylic acids is 1. The van der Waals surface area contributed by atoms with Crippen molar-refractivity contribution in [2.45, 2.75) is 31.2 Å². The molecule has 1 aromatic carbocycles. The Kier molecular flexibility index (Phi) is 9.12. The molecule has 9 heteroatoms. The van der Waals surface area contributed by atoms with Gasteiger partial charge in [-0.05, 0) is 31.0 Å². The lowest BCUT2D eigenvalue weighted by molar-refractivity contribution is 0.0902. The average molecular weight is 453 g/mol. The third-order valence-electron chi connectivity index (χ3n) is 4.46. The molecule has 148 valence electrons. The minimum Gasteiger partial charge on any atom is -0.437 e. The summed E-state index contributed by atoms with van der Waals surface area (Å²) in [6.45, 7) is 0.445. The summed E-state index contributed by atoms with van der Waals surface area (Å²) in [6.07, 6.45) is 5.47. The minimum atomic E-state index is -0.291. The van der Waals surface area contributed by atoms with E-state index in [0.29, 0.717) is 33.8 Å². The number of halogens is 4. The van der Waals surface area contributed by atoms with Gasteiger partial charge in [0.25, 0.3) is 5.91 Å². The lowest BCUT2D eigenvalue weighted by atomic mass is 9.97. The summed E-state index contributed by atoms with van der Waals surface area (Å²) in [7, 11) is 0. The molecule has 1 aliphatic rings. The number of hydrogen-bond donors (Lipinski definition) is 2. The molecule has 1 heterocycles. The Morgan fingerprint density at radius 2 is 1.89 bits per heavy atom. The highest BCUT2D eigenvalue weighted by Gasteiger charge is 2.34. The fourth-order valence-corrected chi connectivity index (χ4v) is 3.33. The summed E-state index contributed by atoms with van der Waals surface area (Å²) in [5.41, 5.74) is 6.03. The van der Waals surface area contributed by atoms with Crippen molar-refractivity contribution >= 4 is 53.9 Å². The third-order valence-corrected chi connectivity index (χ3v) is 5.26. The molecule has 0 atom stereocenters. The van der Waals surface area contributed by atoms with Crippen LogP contribution in [0.2, 0.25) is 10.0 Å². The number of benzene rings is 1. The second-order valence-electron chi connectivity index (χ2n) is 6.18. The number of rotatable bonds is 5. The van der Waals surface area contributed by atoms with Crippen LogP contribution in [0.25, 0.3) is 0 Å². The number of amides is 1. The molecule has 1 saturated carbocycles. The second kappa shape index (κ2) is 10.3. The summed E-state index contributed by atoms with van der Waals surface area (Å²) < 4.78 is 5.62. The SMILES string of the molecule is Cl.Cl.NCC1(NC(=O)c2ccc(Oc3cccc(Cl)c3Cl)nc2)CCCC1. The molecule has 1 aromatic heterocycles. The van der Waals surface area contributed by atoms with Gasteiger partial charge in [-0.15, -0.1) is 24.8 Å². The number of ether oxygens (including phenoxy) is 1. The van der Waals surface area contributed by atoms with E-state index in [1.165, 1.54) is 6.20 Å². The predicted octanol–water partition coefficient (Wildman–Crippen LogP) is 5.03. The van der Waals surface area contributed by atoms with Crippen molar-refractivity contribution in [1.82, 2.24) is 10.3 Å². The fourth-order valence-electron chi connectivity index (χ4n) is 3.00. The Hall–Kier alpha value is -1.24. The van der Waals surface area contributed by atoms with E-state index in [-0.39, 0.29) is 36.3 Å². The van der Waals surface area contributed by atoms with Crippen LogP contribution < -0.4 is 15.8 Å². The van der Waals surface area contributed by atoms with Gasteiger partial charge in [0.05, 0.1) is 16.1 Å². The van der Waals surface area contributed by atoms with Crippen molar-refractivity contribution in [1.29, 1.82) is 0 Å². The summed E-state index contributed by atoms with van der Waals surface area (Å²) >= 11 is 12.0. The van der Waals surface area contributed by atoms with Crippen molar-refractivity contribution in [3.8, 4) is 11.6 Å². The van der Waals surface area contributed by atoms with E-state index in [1.807, 2.05) is 0 Å². The zero-order chi connectivity index (χ0) is 17.9. The van der Waals surface area contributed by atoms with Crippen LogP contribution in [-0.2, 0) is 0 Å². The van der Waals surface area contributed by atoms with Crippen LogP contribution in [0.4, 0.5) is 0 Å². The first-order valence-corrected chi connectivity index (χ1v) is 8.89. The third kappa shape index (κ3) is 5.62. The van der Waals surface area contributed by atoms with E-state index in [0.717, 1.165) is 25.7 Å². The van der Waals surface area contributed by atoms with E-state index in [2.05, 4.69) is 10.3 Å². The smallest absolute Gasteiger partial charge is 0.253 e. The molecule has 0 aliphatic heterocycles. The van der Waals surface area contributed by atoms with Gasteiger partial charge in [0, 0.05) is 18.8 Å². The fraction of sp³-hybridized carbons (Fsp3) is 0.333. The molecular weight excluding hydrogens is 432 g/mol. The minimum absolute atomic E-state index is 0. The zero-order valence-electron chi connectivity index (χ0n) is 14.4. The summed E-state index contributed by atoms with van der Waals surface area (Å²) in [4.78, 5) is 16.6. The van der Waals surface area contributed by atoms with Gasteiger partial charge in [0.2, 0.25) is 5.88 Å². The number of nitrogens with one attached hydrogen (secondary N) is 1. The molecule has 1 aliphatic carbocycles. The Morgan fingerprint density at radius 3 is 2.48 bits per heavy atom. The van der Waals surface area contributed by atoms with Gasteiger partial charge in [-0.1, -0.05) is 42.1 Å². The number of aromatic nitrogens is 1. The molecule has 5 nitrogen and oxygen atoms in total. The number of hydrogen-bond acceptors (Lipinski definition) is 4. The van der Waals surface area contributed by atoms with E-state index in [1.54, 1.807) is 30.3 Å². The maximum atomic E-state index is 12.4. The van der Waals surface area contributed by atoms with E-state index < -0.39 is 0 Å². The first-order valence-electron chi connectivity index (χ1n) is 8.13. The number of nitrogens with two attached hydrogens (primary N) is 1. The summed E-state index contributed by atoms with van der Waals surface area (Å²) in [5.74, 6) is 0.564. The topological polar surface area (TPSA) is 77.2 Å². The van der Waals surface area contributed by atoms with E-state index in [9.17, 15) is 4.79 Å². The van der Waals surface area contributed by atoms with Gasteiger partial charge >= 0.3 is 0 Å². The maximum absolute atomic E-state index is 12.4. The number of pyridine rings is 1. The van der Waals surface area contributed by atoms with Crippen molar-refractivity contribution < 1.29 is 9.53 Å². The normalized spacial score (nSPS) is 14.6. The van der Waals surface area contributed by atoms with Crippen molar-refractivity contribution in [3.63, 3.8) is 0 Å². The summed E-state index contributed by atoms with van der Waals surface area (Å²) in [5, 5.41) is 3.78. The molecule has 0 bridgehead atoms. The highest BCUT2D eigenvalue weighted by molar-refractivity contribution is 6.42. The predicted molar refractivity (Wildman–Crippen MR) is 113 cm³/mol. The van der Waals surface area contributed by atoms with Crippen molar-refractivity contribution in [2.75, 3.05) is 6.54 Å².